The fourth-order valence-corrected chi connectivity index (χ4v) is 0.886. The van der Waals surface area contributed by atoms with E-state index in [0.29, 0.717) is 11.8 Å². The van der Waals surface area contributed by atoms with E-state index in [4.69, 9.17) is 0 Å². The topological polar surface area (TPSA) is 24.7 Å². The molecule has 0 saturated carbocycles. The smallest absolute Gasteiger partial charge is 0.488 e. The second-order valence-corrected chi connectivity index (χ2v) is 4.44. The van der Waals surface area contributed by atoms with E-state index in [2.05, 4.69) is 44.7 Å². The zero-order valence-electron chi connectivity index (χ0n) is 10.6. The van der Waals surface area contributed by atoms with Crippen LogP contribution < -0.4 is 0 Å². The Morgan fingerprint density at radius 3 is 1.50 bits per heavy atom. The maximum Gasteiger partial charge on any atom is 2.00 e. The standard InChI is InChI=1S/C6H11N.C6H10N.2W/c2*1-5(2)6(3)7-4;;/h5H,3-4H2,1-2H3;4-5H,3H2,1-2H3;;/q-2;-1;;+2. The van der Waals surface area contributed by atoms with Gasteiger partial charge in [0, 0.05) is 0 Å². The van der Waals surface area contributed by atoms with Crippen LogP contribution in [0.25, 0.3) is 0 Å². The molecule has 0 aromatic rings. The molecule has 0 heterocycles. The van der Waals surface area contributed by atoms with Gasteiger partial charge in [-0.25, -0.2) is 0 Å². The first-order valence-electron chi connectivity index (χ1n) is 4.85. The van der Waals surface area contributed by atoms with Crippen LogP contribution in [0.4, 0.5) is 0 Å². The van der Waals surface area contributed by atoms with E-state index < -0.39 is 0 Å². The molecule has 0 aromatic carbocycles. The van der Waals surface area contributed by atoms with Gasteiger partial charge in [-0.3, -0.25) is 5.71 Å². The summed E-state index contributed by atoms with van der Waals surface area (Å²) in [5, 5.41) is 0. The van der Waals surface area contributed by atoms with Crippen molar-refractivity contribution in [2.75, 3.05) is 0 Å². The molecule has 92 valence electrons. The predicted molar refractivity (Wildman–Crippen MR) is 66.7 cm³/mol. The Morgan fingerprint density at radius 2 is 1.44 bits per heavy atom. The minimum absolute atomic E-state index is 0. The van der Waals surface area contributed by atoms with E-state index in [1.807, 2.05) is 18.4 Å². The fraction of sp³-hybridized carbons (Fsp3) is 0.500. The predicted octanol–water partition coefficient (Wildman–Crippen LogP) is 2.93. The zero-order chi connectivity index (χ0) is 12.4. The van der Waals surface area contributed by atoms with Crippen molar-refractivity contribution in [3.63, 3.8) is 0 Å². The summed E-state index contributed by atoms with van der Waals surface area (Å²) in [6, 6.07) is 0. The summed E-state index contributed by atoms with van der Waals surface area (Å²) in [5.74, 6) is 0.933. The summed E-state index contributed by atoms with van der Waals surface area (Å²) in [7, 11) is 3.33. The molecule has 2 nitrogen and oxygen atoms in total. The molecule has 0 amide bonds. The van der Waals surface area contributed by atoms with Gasteiger partial charge in [0.2, 0.25) is 0 Å². The summed E-state index contributed by atoms with van der Waals surface area (Å²) in [6.07, 6.45) is 0. The van der Waals surface area contributed by atoms with Gasteiger partial charge in [-0.2, -0.15) is 7.05 Å². The first-order chi connectivity index (χ1) is 6.86. The van der Waals surface area contributed by atoms with E-state index in [1.54, 1.807) is 0 Å². The first-order valence-corrected chi connectivity index (χ1v) is 6.54. The summed E-state index contributed by atoms with van der Waals surface area (Å²) in [5.41, 5.74) is 1.83. The zero-order valence-corrected chi connectivity index (χ0v) is 16.4. The summed E-state index contributed by atoms with van der Waals surface area (Å²) < 4.78 is 1.85. The number of hydrogen-bond acceptors (Lipinski definition) is 2. The molecule has 0 radical (unpaired) electrons. The third-order valence-electron chi connectivity index (χ3n) is 1.75. The Morgan fingerprint density at radius 1 is 1.06 bits per heavy atom. The molecule has 0 spiro atoms. The van der Waals surface area contributed by atoms with Gasteiger partial charge >= 0.3 is 82.3 Å². The maximum absolute atomic E-state index is 4.04. The molecule has 0 bridgehead atoms. The van der Waals surface area contributed by atoms with Crippen molar-refractivity contribution in [2.45, 2.75) is 27.7 Å². The van der Waals surface area contributed by atoms with Gasteiger partial charge in [0.05, 0.1) is 0 Å². The molecule has 0 unspecified atom stereocenters. The summed E-state index contributed by atoms with van der Waals surface area (Å²) in [4.78, 5) is 7.69. The van der Waals surface area contributed by atoms with Gasteiger partial charge in [0.25, 0.3) is 0 Å². The van der Waals surface area contributed by atoms with Crippen molar-refractivity contribution < 1.29 is 40.4 Å². The van der Waals surface area contributed by atoms with Gasteiger partial charge in [-0.05, 0) is 0 Å². The second kappa shape index (κ2) is 13.3. The van der Waals surface area contributed by atoms with E-state index in [9.17, 15) is 0 Å². The van der Waals surface area contributed by atoms with Crippen LogP contribution in [0.5, 0.6) is 0 Å². The van der Waals surface area contributed by atoms with Crippen molar-refractivity contribution in [3.8, 4) is 0 Å². The van der Waals surface area contributed by atoms with Crippen molar-refractivity contribution >= 4 is 15.9 Å². The van der Waals surface area contributed by atoms with Gasteiger partial charge in [0.15, 0.2) is 0 Å². The average Bonchev–Trinajstić information content (AvgIpc) is 2.17. The van der Waals surface area contributed by atoms with Gasteiger partial charge in [-0.1, -0.05) is 13.8 Å². The van der Waals surface area contributed by atoms with E-state index in [0.717, 1.165) is 11.4 Å². The van der Waals surface area contributed by atoms with Gasteiger partial charge < -0.3 is 11.9 Å². The third kappa shape index (κ3) is 14.2. The molecule has 0 saturated heterocycles. The first kappa shape index (κ1) is 21.5. The molecular weight excluding hydrogens is 540 g/mol. The van der Waals surface area contributed by atoms with Crippen LogP contribution in [0, 0.1) is 32.7 Å². The van der Waals surface area contributed by atoms with Crippen LogP contribution in [0.2, 0.25) is 0 Å². The Labute approximate surface area is 126 Å². The molecule has 0 fully saturated rings. The van der Waals surface area contributed by atoms with Crippen LogP contribution >= 0.6 is 0 Å². The normalized spacial score (nSPS) is 11.6. The quantitative estimate of drug-likeness (QED) is 0.375. The minimum Gasteiger partial charge on any atom is -0.488 e. The van der Waals surface area contributed by atoms with Crippen molar-refractivity contribution in [2.24, 2.45) is 21.8 Å². The Balaban J connectivity index is -0.000000200. The van der Waals surface area contributed by atoms with Crippen LogP contribution in [0.3, 0.4) is 0 Å². The molecule has 0 aliphatic heterocycles. The number of nitrogens with zero attached hydrogens (tertiary/aromatic N) is 2. The monoisotopic (exact) mass is 561 g/mol. The molecule has 0 atom stereocenters. The van der Waals surface area contributed by atoms with E-state index in [-0.39, 0.29) is 21.1 Å². The minimum atomic E-state index is 0. The molecular formula is C12H21N2W2-. The SMILES string of the molecule is [CH2-]C(=N[CH]=[W])C(C)C.[CH2-]N=C([CH2-])C(C)C.[W+2]. The molecule has 0 aromatic heterocycles. The third-order valence-corrected chi connectivity index (χ3v) is 2.13. The van der Waals surface area contributed by atoms with Gasteiger partial charge in [0.1, 0.15) is 0 Å². The number of rotatable bonds is 3. The average molecular weight is 561 g/mol. The molecule has 16 heavy (non-hydrogen) atoms. The fourth-order valence-electron chi connectivity index (χ4n) is 0.399. The van der Waals surface area contributed by atoms with E-state index >= 15 is 0 Å². The van der Waals surface area contributed by atoms with Crippen molar-refractivity contribution in [1.82, 2.24) is 0 Å². The summed E-state index contributed by atoms with van der Waals surface area (Å²) in [6.45, 7) is 15.7. The van der Waals surface area contributed by atoms with Crippen LogP contribution in [-0.2, 0) is 40.4 Å². The van der Waals surface area contributed by atoms with Crippen LogP contribution in [-0.4, -0.2) is 15.9 Å². The molecule has 4 heteroatoms. The number of hydrogen-bond donors (Lipinski definition) is 0. The van der Waals surface area contributed by atoms with Crippen LogP contribution in [0.1, 0.15) is 27.7 Å². The Bertz CT molecular complexity index is 231. The molecule has 0 rings (SSSR count). The van der Waals surface area contributed by atoms with Gasteiger partial charge in [-0.15, -0.1) is 5.92 Å². The van der Waals surface area contributed by atoms with Crippen molar-refractivity contribution in [3.05, 3.63) is 20.9 Å². The molecule has 0 aliphatic carbocycles. The number of aliphatic imine (C=N–C) groups is 2. The maximum atomic E-state index is 4.04. The van der Waals surface area contributed by atoms with Crippen LogP contribution in [0.15, 0.2) is 9.98 Å². The molecule has 0 aliphatic rings. The second-order valence-electron chi connectivity index (χ2n) is 3.68. The molecule has 0 N–H and O–H groups in total. The van der Waals surface area contributed by atoms with Crippen molar-refractivity contribution in [1.29, 1.82) is 0 Å². The Hall–Kier alpha value is 0.197. The van der Waals surface area contributed by atoms with E-state index in [1.165, 1.54) is 19.4 Å². The summed E-state index contributed by atoms with van der Waals surface area (Å²) >= 11 is 1.38. The Kier molecular flexibility index (Phi) is 17.8. The largest absolute Gasteiger partial charge is 2.00 e.